The number of benzene rings is 3. The number of nitrogens with zero attached hydrogens (tertiary/aromatic N) is 1. The van der Waals surface area contributed by atoms with Gasteiger partial charge >= 0.3 is 0 Å². The molecule has 0 unspecified atom stereocenters. The van der Waals surface area contributed by atoms with Gasteiger partial charge in [-0.25, -0.2) is 0 Å². The lowest BCUT2D eigenvalue weighted by molar-refractivity contribution is -0.112. The van der Waals surface area contributed by atoms with Crippen molar-refractivity contribution in [3.63, 3.8) is 0 Å². The molecule has 3 rings (SSSR count). The highest BCUT2D eigenvalue weighted by Crippen LogP contribution is 2.38. The summed E-state index contributed by atoms with van der Waals surface area (Å²) in [5, 5.41) is 12.3. The maximum atomic E-state index is 12.7. The average Bonchev–Trinajstić information content (AvgIpc) is 2.83. The first-order valence-electron chi connectivity index (χ1n) is 10.7. The van der Waals surface area contributed by atoms with Crippen LogP contribution < -0.4 is 19.5 Å². The van der Waals surface area contributed by atoms with E-state index in [0.29, 0.717) is 46.2 Å². The molecule has 1 amide bonds. The number of nitriles is 1. The lowest BCUT2D eigenvalue weighted by atomic mass is 10.1. The van der Waals surface area contributed by atoms with Crippen molar-refractivity contribution in [2.24, 2.45) is 0 Å². The molecule has 0 aliphatic carbocycles. The van der Waals surface area contributed by atoms with Crippen molar-refractivity contribution in [1.82, 2.24) is 0 Å². The fraction of sp³-hybridized carbons (Fsp3) is 0.185. The Morgan fingerprint density at radius 2 is 1.88 bits per heavy atom. The van der Waals surface area contributed by atoms with E-state index in [1.54, 1.807) is 43.5 Å². The van der Waals surface area contributed by atoms with Crippen LogP contribution in [0, 0.1) is 18.3 Å². The zero-order valence-corrected chi connectivity index (χ0v) is 20.8. The smallest absolute Gasteiger partial charge is 0.266 e. The lowest BCUT2D eigenvalue weighted by Crippen LogP contribution is -2.13. The van der Waals surface area contributed by atoms with Gasteiger partial charge in [0.15, 0.2) is 11.5 Å². The SMILES string of the molecule is CCOc1ccc(NC(=O)/C(C#N)=C\c2cc(Br)c(OCc3cccc(C)c3)c(OC)c2)cc1. The standard InChI is InChI=1S/C27H25BrN2O4/c1-4-33-23-10-8-22(9-11-23)30-27(31)21(16-29)13-20-14-24(28)26(25(15-20)32-3)34-17-19-7-5-6-18(2)12-19/h5-15H,4,17H2,1-3H3,(H,30,31)/b21-13-. The number of carbonyl (C=O) groups is 1. The molecule has 1 N–H and O–H groups in total. The Kier molecular flexibility index (Phi) is 8.72. The molecule has 3 aromatic rings. The Labute approximate surface area is 207 Å². The topological polar surface area (TPSA) is 80.6 Å². The normalized spacial score (nSPS) is 10.9. The number of amides is 1. The summed E-state index contributed by atoms with van der Waals surface area (Å²) in [5.41, 5.74) is 3.32. The highest BCUT2D eigenvalue weighted by molar-refractivity contribution is 9.10. The summed E-state index contributed by atoms with van der Waals surface area (Å²) in [6, 6.07) is 20.5. The van der Waals surface area contributed by atoms with Crippen LogP contribution in [0.5, 0.6) is 17.2 Å². The second-order valence-corrected chi connectivity index (χ2v) is 8.25. The number of aryl methyl sites for hydroxylation is 1. The highest BCUT2D eigenvalue weighted by atomic mass is 79.9. The molecule has 6 nitrogen and oxygen atoms in total. The molecule has 0 radical (unpaired) electrons. The maximum Gasteiger partial charge on any atom is 0.266 e. The molecule has 7 heteroatoms. The number of rotatable bonds is 9. The van der Waals surface area contributed by atoms with Crippen LogP contribution in [0.2, 0.25) is 0 Å². The van der Waals surface area contributed by atoms with Gasteiger partial charge in [-0.1, -0.05) is 29.8 Å². The number of halogens is 1. The molecule has 0 heterocycles. The van der Waals surface area contributed by atoms with Gasteiger partial charge < -0.3 is 19.5 Å². The summed E-state index contributed by atoms with van der Waals surface area (Å²) < 4.78 is 17.5. The number of hydrogen-bond acceptors (Lipinski definition) is 5. The number of methoxy groups -OCH3 is 1. The van der Waals surface area contributed by atoms with Crippen LogP contribution in [-0.4, -0.2) is 19.6 Å². The van der Waals surface area contributed by atoms with E-state index in [-0.39, 0.29) is 5.57 Å². The zero-order chi connectivity index (χ0) is 24.5. The van der Waals surface area contributed by atoms with Gasteiger partial charge in [0.1, 0.15) is 24.0 Å². The third-order valence-corrected chi connectivity index (χ3v) is 5.41. The van der Waals surface area contributed by atoms with Gasteiger partial charge in [-0.3, -0.25) is 4.79 Å². The van der Waals surface area contributed by atoms with E-state index in [4.69, 9.17) is 14.2 Å². The molecule has 0 bridgehead atoms. The molecule has 0 aromatic heterocycles. The summed E-state index contributed by atoms with van der Waals surface area (Å²) in [7, 11) is 1.54. The zero-order valence-electron chi connectivity index (χ0n) is 19.2. The minimum Gasteiger partial charge on any atom is -0.494 e. The Bertz CT molecular complexity index is 1230. The van der Waals surface area contributed by atoms with Gasteiger partial charge in [-0.05, 0) is 83.4 Å². The van der Waals surface area contributed by atoms with Crippen LogP contribution in [0.4, 0.5) is 5.69 Å². The van der Waals surface area contributed by atoms with Crippen LogP contribution in [0.15, 0.2) is 70.7 Å². The van der Waals surface area contributed by atoms with E-state index >= 15 is 0 Å². The third kappa shape index (κ3) is 6.63. The number of ether oxygens (including phenoxy) is 3. The molecule has 0 fully saturated rings. The van der Waals surface area contributed by atoms with Gasteiger partial charge in [0.2, 0.25) is 0 Å². The fourth-order valence-electron chi connectivity index (χ4n) is 3.24. The van der Waals surface area contributed by atoms with Crippen molar-refractivity contribution in [1.29, 1.82) is 5.26 Å². The summed E-state index contributed by atoms with van der Waals surface area (Å²) in [6.45, 7) is 4.86. The van der Waals surface area contributed by atoms with Crippen LogP contribution in [0.1, 0.15) is 23.6 Å². The first kappa shape index (κ1) is 24.9. The highest BCUT2D eigenvalue weighted by Gasteiger charge is 2.14. The predicted octanol–water partition coefficient (Wildman–Crippen LogP) is 6.29. The number of hydrogen-bond donors (Lipinski definition) is 1. The van der Waals surface area contributed by atoms with Crippen molar-refractivity contribution in [3.05, 3.63) is 87.4 Å². The molecule has 0 aliphatic heterocycles. The minimum absolute atomic E-state index is 0.0451. The minimum atomic E-state index is -0.512. The summed E-state index contributed by atoms with van der Waals surface area (Å²) >= 11 is 3.52. The molecule has 3 aromatic carbocycles. The molecule has 0 saturated carbocycles. The molecular weight excluding hydrogens is 496 g/mol. The lowest BCUT2D eigenvalue weighted by Gasteiger charge is -2.14. The van der Waals surface area contributed by atoms with Crippen LogP contribution in [0.3, 0.4) is 0 Å². The quantitative estimate of drug-likeness (QED) is 0.265. The molecule has 0 aliphatic rings. The van der Waals surface area contributed by atoms with Gasteiger partial charge in [-0.2, -0.15) is 5.26 Å². The Hall–Kier alpha value is -3.76. The molecule has 0 spiro atoms. The number of anilines is 1. The van der Waals surface area contributed by atoms with E-state index < -0.39 is 5.91 Å². The van der Waals surface area contributed by atoms with E-state index in [0.717, 1.165) is 11.1 Å². The molecular formula is C27H25BrN2O4. The van der Waals surface area contributed by atoms with E-state index in [9.17, 15) is 10.1 Å². The van der Waals surface area contributed by atoms with E-state index in [1.807, 2.05) is 38.1 Å². The maximum absolute atomic E-state index is 12.7. The molecule has 0 saturated heterocycles. The predicted molar refractivity (Wildman–Crippen MR) is 136 cm³/mol. The van der Waals surface area contributed by atoms with Crippen molar-refractivity contribution < 1.29 is 19.0 Å². The first-order valence-corrected chi connectivity index (χ1v) is 11.4. The van der Waals surface area contributed by atoms with Gasteiger partial charge in [0.05, 0.1) is 18.2 Å². The Morgan fingerprint density at radius 3 is 2.53 bits per heavy atom. The summed E-state index contributed by atoms with van der Waals surface area (Å²) in [4.78, 5) is 12.7. The largest absolute Gasteiger partial charge is 0.494 e. The van der Waals surface area contributed by atoms with Crippen LogP contribution >= 0.6 is 15.9 Å². The monoisotopic (exact) mass is 520 g/mol. The van der Waals surface area contributed by atoms with Crippen molar-refractivity contribution >= 4 is 33.6 Å². The van der Waals surface area contributed by atoms with Crippen LogP contribution in [0.25, 0.3) is 6.08 Å². The summed E-state index contributed by atoms with van der Waals surface area (Å²) in [5.74, 6) is 1.22. The first-order chi connectivity index (χ1) is 16.4. The van der Waals surface area contributed by atoms with E-state index in [2.05, 4.69) is 27.3 Å². The number of nitrogens with one attached hydrogen (secondary N) is 1. The third-order valence-electron chi connectivity index (χ3n) is 4.82. The number of carbonyl (C=O) groups excluding carboxylic acids is 1. The van der Waals surface area contributed by atoms with Gasteiger partial charge in [0.25, 0.3) is 5.91 Å². The molecule has 0 atom stereocenters. The van der Waals surface area contributed by atoms with E-state index in [1.165, 1.54) is 6.08 Å². The van der Waals surface area contributed by atoms with Crippen LogP contribution in [-0.2, 0) is 11.4 Å². The van der Waals surface area contributed by atoms with Crippen molar-refractivity contribution in [2.45, 2.75) is 20.5 Å². The van der Waals surface area contributed by atoms with Gasteiger partial charge in [0, 0.05) is 5.69 Å². The van der Waals surface area contributed by atoms with Crippen molar-refractivity contribution in [2.75, 3.05) is 19.0 Å². The molecule has 174 valence electrons. The summed E-state index contributed by atoms with van der Waals surface area (Å²) in [6.07, 6.45) is 1.50. The van der Waals surface area contributed by atoms with Gasteiger partial charge in [-0.15, -0.1) is 0 Å². The second kappa shape index (κ2) is 11.9. The molecule has 34 heavy (non-hydrogen) atoms. The average molecular weight is 521 g/mol. The van der Waals surface area contributed by atoms with Crippen molar-refractivity contribution in [3.8, 4) is 23.3 Å². The Morgan fingerprint density at radius 1 is 1.12 bits per heavy atom. The fourth-order valence-corrected chi connectivity index (χ4v) is 3.81. The second-order valence-electron chi connectivity index (χ2n) is 7.39. The Balaban J connectivity index is 1.77.